The number of nitrogens with one attached hydrogen (secondary N) is 1. The number of halogens is 1. The molecule has 3 aromatic rings. The molecule has 0 spiro atoms. The van der Waals surface area contributed by atoms with Gasteiger partial charge in [0, 0.05) is 22.4 Å². The normalized spacial score (nSPS) is 10.4. The van der Waals surface area contributed by atoms with Crippen molar-refractivity contribution in [1.29, 1.82) is 0 Å². The second-order valence-electron chi connectivity index (χ2n) is 6.25. The van der Waals surface area contributed by atoms with Crippen LogP contribution >= 0.6 is 22.9 Å². The highest BCUT2D eigenvalue weighted by atomic mass is 35.5. The molecule has 0 bridgehead atoms. The molecular weight excluding hydrogens is 410 g/mol. The maximum atomic E-state index is 12.5. The van der Waals surface area contributed by atoms with Gasteiger partial charge in [-0.1, -0.05) is 35.9 Å². The van der Waals surface area contributed by atoms with Crippen molar-refractivity contribution < 1.29 is 19.1 Å². The van der Waals surface area contributed by atoms with Crippen LogP contribution in [-0.2, 0) is 16.0 Å². The lowest BCUT2D eigenvalue weighted by Gasteiger charge is -2.08. The molecule has 1 aromatic heterocycles. The molecule has 0 aliphatic rings. The van der Waals surface area contributed by atoms with E-state index in [1.165, 1.54) is 18.4 Å². The molecule has 0 aliphatic carbocycles. The molecule has 2 aromatic carbocycles. The van der Waals surface area contributed by atoms with Crippen molar-refractivity contribution in [2.75, 3.05) is 19.5 Å². The van der Waals surface area contributed by atoms with E-state index in [4.69, 9.17) is 21.1 Å². The van der Waals surface area contributed by atoms with Gasteiger partial charge in [-0.05, 0) is 41.8 Å². The summed E-state index contributed by atoms with van der Waals surface area (Å²) < 4.78 is 10.1. The lowest BCUT2D eigenvalue weighted by molar-refractivity contribution is -0.116. The summed E-state index contributed by atoms with van der Waals surface area (Å²) in [5.41, 5.74) is 2.90. The van der Waals surface area contributed by atoms with Gasteiger partial charge < -0.3 is 14.8 Å². The molecule has 0 radical (unpaired) electrons. The molecule has 29 heavy (non-hydrogen) atoms. The number of benzene rings is 2. The number of rotatable bonds is 7. The fourth-order valence-electron chi connectivity index (χ4n) is 2.84. The number of hydrogen-bond donors (Lipinski definition) is 1. The van der Waals surface area contributed by atoms with Gasteiger partial charge in [0.25, 0.3) is 0 Å². The monoisotopic (exact) mass is 429 g/mol. The molecular formula is C22H20ClNO4S. The van der Waals surface area contributed by atoms with Crippen molar-refractivity contribution in [3.8, 4) is 16.9 Å². The highest BCUT2D eigenvalue weighted by molar-refractivity contribution is 7.15. The van der Waals surface area contributed by atoms with Gasteiger partial charge in [0.2, 0.25) is 5.91 Å². The average molecular weight is 430 g/mol. The Bertz CT molecular complexity index is 997. The highest BCUT2D eigenvalue weighted by Gasteiger charge is 2.22. The van der Waals surface area contributed by atoms with Gasteiger partial charge in [-0.2, -0.15) is 0 Å². The van der Waals surface area contributed by atoms with Crippen LogP contribution in [0.25, 0.3) is 11.1 Å². The van der Waals surface area contributed by atoms with Crippen LogP contribution in [0, 0.1) is 0 Å². The molecule has 150 valence electrons. The zero-order chi connectivity index (χ0) is 20.8. The summed E-state index contributed by atoms with van der Waals surface area (Å²) in [6.45, 7) is 0. The van der Waals surface area contributed by atoms with Crippen molar-refractivity contribution in [1.82, 2.24) is 0 Å². The first-order valence-corrected chi connectivity index (χ1v) is 10.2. The zero-order valence-electron chi connectivity index (χ0n) is 16.0. The minimum atomic E-state index is -0.498. The number of carbonyl (C=O) groups is 2. The number of hydrogen-bond acceptors (Lipinski definition) is 5. The van der Waals surface area contributed by atoms with E-state index >= 15 is 0 Å². The first-order chi connectivity index (χ1) is 14.0. The van der Waals surface area contributed by atoms with E-state index in [-0.39, 0.29) is 5.91 Å². The zero-order valence-corrected chi connectivity index (χ0v) is 17.6. The van der Waals surface area contributed by atoms with Crippen LogP contribution in [0.4, 0.5) is 5.00 Å². The molecule has 1 N–H and O–H groups in total. The lowest BCUT2D eigenvalue weighted by Crippen LogP contribution is -2.14. The van der Waals surface area contributed by atoms with E-state index in [2.05, 4.69) is 5.32 Å². The maximum Gasteiger partial charge on any atom is 0.341 e. The van der Waals surface area contributed by atoms with Crippen LogP contribution in [0.1, 0.15) is 22.3 Å². The second-order valence-corrected chi connectivity index (χ2v) is 7.56. The Balaban J connectivity index is 1.74. The first kappa shape index (κ1) is 20.9. The average Bonchev–Trinajstić information content (AvgIpc) is 3.16. The standard InChI is InChI=1S/C22H20ClNO4S/c1-27-17-10-3-14(4-11-17)5-12-19(25)24-21-20(22(26)28-2)18(13-29-21)15-6-8-16(23)9-7-15/h3-4,6-11,13H,5,12H2,1-2H3,(H,24,25). The minimum Gasteiger partial charge on any atom is -0.497 e. The fraction of sp³-hybridized carbons (Fsp3) is 0.182. The van der Waals surface area contributed by atoms with E-state index in [1.54, 1.807) is 19.2 Å². The van der Waals surface area contributed by atoms with Crippen molar-refractivity contribution in [3.05, 3.63) is 70.1 Å². The molecule has 0 saturated carbocycles. The number of thiophene rings is 1. The van der Waals surface area contributed by atoms with Crippen LogP contribution in [0.3, 0.4) is 0 Å². The third-order valence-electron chi connectivity index (χ3n) is 4.39. The molecule has 1 amide bonds. The number of esters is 1. The molecule has 7 heteroatoms. The quantitative estimate of drug-likeness (QED) is 0.508. The summed E-state index contributed by atoms with van der Waals surface area (Å²) >= 11 is 7.24. The van der Waals surface area contributed by atoms with Gasteiger partial charge >= 0.3 is 5.97 Å². The van der Waals surface area contributed by atoms with Gasteiger partial charge in [-0.3, -0.25) is 4.79 Å². The van der Waals surface area contributed by atoms with Crippen molar-refractivity contribution >= 4 is 39.8 Å². The smallest absolute Gasteiger partial charge is 0.341 e. The van der Waals surface area contributed by atoms with Crippen molar-refractivity contribution in [2.24, 2.45) is 0 Å². The predicted octanol–water partition coefficient (Wildman–Crippen LogP) is 5.44. The Kier molecular flexibility index (Phi) is 6.90. The van der Waals surface area contributed by atoms with E-state index in [0.29, 0.717) is 34.0 Å². The molecule has 0 fully saturated rings. The summed E-state index contributed by atoms with van der Waals surface area (Å²) in [7, 11) is 2.93. The lowest BCUT2D eigenvalue weighted by atomic mass is 10.0. The Labute approximate surface area is 178 Å². The summed E-state index contributed by atoms with van der Waals surface area (Å²) in [5.74, 6) is 0.103. The summed E-state index contributed by atoms with van der Waals surface area (Å²) in [4.78, 5) is 24.8. The fourth-order valence-corrected chi connectivity index (χ4v) is 3.94. The van der Waals surface area contributed by atoms with Gasteiger partial charge in [0.15, 0.2) is 0 Å². The number of aryl methyl sites for hydroxylation is 1. The van der Waals surface area contributed by atoms with E-state index in [1.807, 2.05) is 41.8 Å². The number of carbonyl (C=O) groups excluding carboxylic acids is 2. The highest BCUT2D eigenvalue weighted by Crippen LogP contribution is 2.36. The Morgan fingerprint density at radius 2 is 1.72 bits per heavy atom. The molecule has 5 nitrogen and oxygen atoms in total. The summed E-state index contributed by atoms with van der Waals surface area (Å²) in [6, 6.07) is 14.7. The van der Waals surface area contributed by atoms with Crippen LogP contribution in [0.15, 0.2) is 53.9 Å². The summed E-state index contributed by atoms with van der Waals surface area (Å²) in [5, 5.41) is 5.76. The Morgan fingerprint density at radius 3 is 2.34 bits per heavy atom. The van der Waals surface area contributed by atoms with Crippen molar-refractivity contribution in [3.63, 3.8) is 0 Å². The third-order valence-corrected chi connectivity index (χ3v) is 5.54. The number of anilines is 1. The topological polar surface area (TPSA) is 64.6 Å². The predicted molar refractivity (Wildman–Crippen MR) is 116 cm³/mol. The van der Waals surface area contributed by atoms with Gasteiger partial charge in [-0.15, -0.1) is 11.3 Å². The van der Waals surface area contributed by atoms with Crippen LogP contribution < -0.4 is 10.1 Å². The van der Waals surface area contributed by atoms with Crippen LogP contribution in [0.2, 0.25) is 5.02 Å². The largest absolute Gasteiger partial charge is 0.497 e. The van der Waals surface area contributed by atoms with Crippen LogP contribution in [0.5, 0.6) is 5.75 Å². The Morgan fingerprint density at radius 1 is 1.03 bits per heavy atom. The Hall–Kier alpha value is -2.83. The summed E-state index contributed by atoms with van der Waals surface area (Å²) in [6.07, 6.45) is 0.875. The first-order valence-electron chi connectivity index (χ1n) is 8.90. The molecule has 0 saturated heterocycles. The third kappa shape index (κ3) is 5.16. The maximum absolute atomic E-state index is 12.5. The van der Waals surface area contributed by atoms with E-state index < -0.39 is 5.97 Å². The number of ether oxygens (including phenoxy) is 2. The number of amides is 1. The number of methoxy groups -OCH3 is 2. The second kappa shape index (κ2) is 9.58. The van der Waals surface area contributed by atoms with Crippen LogP contribution in [-0.4, -0.2) is 26.1 Å². The van der Waals surface area contributed by atoms with Gasteiger partial charge in [-0.25, -0.2) is 4.79 Å². The van der Waals surface area contributed by atoms with Gasteiger partial charge in [0.05, 0.1) is 14.2 Å². The van der Waals surface area contributed by atoms with E-state index in [0.717, 1.165) is 16.9 Å². The van der Waals surface area contributed by atoms with E-state index in [9.17, 15) is 9.59 Å². The minimum absolute atomic E-state index is 0.171. The molecule has 1 heterocycles. The van der Waals surface area contributed by atoms with Gasteiger partial charge in [0.1, 0.15) is 16.3 Å². The molecule has 0 aliphatic heterocycles. The SMILES string of the molecule is COC(=O)c1c(-c2ccc(Cl)cc2)csc1NC(=O)CCc1ccc(OC)cc1. The molecule has 0 atom stereocenters. The van der Waals surface area contributed by atoms with Crippen molar-refractivity contribution in [2.45, 2.75) is 12.8 Å². The molecule has 3 rings (SSSR count). The molecule has 0 unspecified atom stereocenters.